The molecular weight excluding hydrogens is 256 g/mol. The second-order valence-electron chi connectivity index (χ2n) is 4.50. The predicted octanol–water partition coefficient (Wildman–Crippen LogP) is 2.23. The molecule has 1 aliphatic rings. The average Bonchev–Trinajstić information content (AvgIpc) is 2.40. The van der Waals surface area contributed by atoms with Gasteiger partial charge in [-0.15, -0.1) is 0 Å². The summed E-state index contributed by atoms with van der Waals surface area (Å²) in [7, 11) is 5.67. The molecule has 1 unspecified atom stereocenters. The monoisotopic (exact) mass is 267 g/mol. The van der Waals surface area contributed by atoms with Gasteiger partial charge in [0.05, 0.1) is 0 Å². The first-order valence-corrected chi connectivity index (χ1v) is 6.33. The highest BCUT2D eigenvalue weighted by Crippen LogP contribution is 2.30. The van der Waals surface area contributed by atoms with Crippen molar-refractivity contribution in [1.82, 2.24) is 5.32 Å². The minimum atomic E-state index is -0.758. The van der Waals surface area contributed by atoms with E-state index in [4.69, 9.17) is 19.4 Å². The lowest BCUT2D eigenvalue weighted by Gasteiger charge is -2.24. The van der Waals surface area contributed by atoms with Gasteiger partial charge in [-0.2, -0.15) is 0 Å². The van der Waals surface area contributed by atoms with Crippen molar-refractivity contribution in [2.75, 3.05) is 0 Å². The van der Waals surface area contributed by atoms with E-state index in [1.54, 1.807) is 6.07 Å². The summed E-state index contributed by atoms with van der Waals surface area (Å²) in [4.78, 5) is 0. The highest BCUT2D eigenvalue weighted by atomic mass is 35.5. The Hall–Kier alpha value is -1.71. The lowest BCUT2D eigenvalue weighted by Crippen LogP contribution is -2.23. The Morgan fingerprint density at radius 1 is 1.11 bits per heavy atom. The Kier molecular flexibility index (Phi) is 3.09. The molecule has 1 aliphatic heterocycles. The first-order valence-electron chi connectivity index (χ1n) is 5.95. The van der Waals surface area contributed by atoms with Crippen molar-refractivity contribution < 1.29 is 5.11 Å². The summed E-state index contributed by atoms with van der Waals surface area (Å²) in [6.07, 6.45) is 1.23. The van der Waals surface area contributed by atoms with Gasteiger partial charge in [-0.3, -0.25) is 0 Å². The lowest BCUT2D eigenvalue weighted by atomic mass is 9.93. The summed E-state index contributed by atoms with van der Waals surface area (Å²) >= 11 is 5.94. The number of hydrogen-bond acceptors (Lipinski definition) is 2. The van der Waals surface area contributed by atoms with Crippen molar-refractivity contribution in [3.63, 3.8) is 0 Å². The number of benzene rings is 2. The largest absolute Gasteiger partial charge is 0.369 e. The molecular formula is C15H11BClNO. The van der Waals surface area contributed by atoms with Crippen LogP contribution in [0.2, 0.25) is 5.02 Å². The fourth-order valence-electron chi connectivity index (χ4n) is 2.17. The minimum Gasteiger partial charge on any atom is -0.369 e. The molecule has 19 heavy (non-hydrogen) atoms. The molecule has 3 rings (SSSR count). The molecule has 4 heteroatoms. The van der Waals surface area contributed by atoms with Gasteiger partial charge >= 0.3 is 0 Å². The van der Waals surface area contributed by atoms with Crippen LogP contribution in [0, 0.1) is 0 Å². The molecule has 0 aromatic heterocycles. The van der Waals surface area contributed by atoms with Crippen LogP contribution in [-0.4, -0.2) is 13.0 Å². The van der Waals surface area contributed by atoms with Gasteiger partial charge in [0.25, 0.3) is 0 Å². The van der Waals surface area contributed by atoms with E-state index in [0.717, 1.165) is 22.4 Å². The van der Waals surface area contributed by atoms with Crippen molar-refractivity contribution in [2.24, 2.45) is 0 Å². The predicted molar refractivity (Wildman–Crippen MR) is 79.2 cm³/mol. The van der Waals surface area contributed by atoms with Crippen LogP contribution in [0.3, 0.4) is 0 Å². The van der Waals surface area contributed by atoms with Gasteiger partial charge in [0.1, 0.15) is 7.85 Å². The van der Waals surface area contributed by atoms with Crippen LogP contribution >= 0.6 is 11.6 Å². The molecule has 2 aromatic rings. The number of hydrogen-bond donors (Lipinski definition) is 2. The van der Waals surface area contributed by atoms with E-state index < -0.39 is 6.23 Å². The van der Waals surface area contributed by atoms with Crippen LogP contribution < -0.4 is 10.8 Å². The summed E-state index contributed by atoms with van der Waals surface area (Å²) < 4.78 is 0. The molecule has 2 N–H and O–H groups in total. The van der Waals surface area contributed by atoms with E-state index >= 15 is 0 Å². The second kappa shape index (κ2) is 4.76. The molecule has 1 atom stereocenters. The summed E-state index contributed by atoms with van der Waals surface area (Å²) in [5.74, 6) is 0. The smallest absolute Gasteiger partial charge is 0.151 e. The van der Waals surface area contributed by atoms with Crippen molar-refractivity contribution in [3.8, 4) is 0 Å². The number of rotatable bonds is 1. The Labute approximate surface area is 118 Å². The number of nitrogens with one attached hydrogen (secondary N) is 1. The van der Waals surface area contributed by atoms with E-state index in [9.17, 15) is 5.11 Å². The van der Waals surface area contributed by atoms with E-state index in [1.165, 1.54) is 0 Å². The fourth-order valence-corrected chi connectivity index (χ4v) is 2.35. The molecule has 0 aliphatic carbocycles. The van der Waals surface area contributed by atoms with Crippen LogP contribution in [0.4, 0.5) is 0 Å². The average molecular weight is 268 g/mol. The summed E-state index contributed by atoms with van der Waals surface area (Å²) in [6, 6.07) is 13.0. The maximum Gasteiger partial charge on any atom is 0.151 e. The molecule has 0 spiro atoms. The van der Waals surface area contributed by atoms with E-state index in [-0.39, 0.29) is 0 Å². The summed E-state index contributed by atoms with van der Waals surface area (Å²) in [6.45, 7) is 0. The Balaban J connectivity index is 2.05. The van der Waals surface area contributed by atoms with E-state index in [1.807, 2.05) is 42.5 Å². The van der Waals surface area contributed by atoms with Crippen LogP contribution in [0.15, 0.2) is 42.5 Å². The highest BCUT2D eigenvalue weighted by Gasteiger charge is 2.19. The van der Waals surface area contributed by atoms with E-state index in [2.05, 4.69) is 5.32 Å². The summed E-state index contributed by atoms with van der Waals surface area (Å²) in [5.41, 5.74) is 4.30. The third kappa shape index (κ3) is 2.39. The maximum atomic E-state index is 10.1. The Morgan fingerprint density at radius 3 is 2.58 bits per heavy atom. The molecule has 2 radical (unpaired) electrons. The van der Waals surface area contributed by atoms with Gasteiger partial charge in [-0.1, -0.05) is 47.4 Å². The zero-order chi connectivity index (χ0) is 13.4. The number of halogens is 1. The number of fused-ring (bicyclic) bond motifs is 1. The summed E-state index contributed by atoms with van der Waals surface area (Å²) in [5, 5.41) is 13.8. The zero-order valence-corrected chi connectivity index (χ0v) is 10.9. The molecule has 2 nitrogen and oxygen atoms in total. The number of aliphatic hydroxyl groups is 1. The van der Waals surface area contributed by atoms with Gasteiger partial charge in [-0.05, 0) is 29.3 Å². The Morgan fingerprint density at radius 2 is 1.84 bits per heavy atom. The quantitative estimate of drug-likeness (QED) is 0.777. The van der Waals surface area contributed by atoms with Crippen LogP contribution in [-0.2, 0) is 0 Å². The molecule has 0 fully saturated rings. The molecule has 0 saturated carbocycles. The zero-order valence-electron chi connectivity index (χ0n) is 10.1. The highest BCUT2D eigenvalue weighted by molar-refractivity contribution is 6.32. The van der Waals surface area contributed by atoms with E-state index in [0.29, 0.717) is 10.5 Å². The number of aliphatic hydroxyl groups excluding tert-OH is 1. The van der Waals surface area contributed by atoms with Crippen LogP contribution in [0.25, 0.3) is 11.8 Å². The van der Waals surface area contributed by atoms with Crippen molar-refractivity contribution in [1.29, 1.82) is 0 Å². The van der Waals surface area contributed by atoms with Crippen LogP contribution in [0.5, 0.6) is 0 Å². The van der Waals surface area contributed by atoms with Crippen LogP contribution in [0.1, 0.15) is 22.9 Å². The molecule has 2 aromatic carbocycles. The molecule has 0 saturated heterocycles. The van der Waals surface area contributed by atoms with Gasteiger partial charge in [-0.25, -0.2) is 0 Å². The first-order chi connectivity index (χ1) is 9.13. The normalized spacial score (nSPS) is 17.4. The molecule has 1 heterocycles. The van der Waals surface area contributed by atoms with Gasteiger partial charge in [0.2, 0.25) is 0 Å². The van der Waals surface area contributed by atoms with Gasteiger partial charge in [0, 0.05) is 16.3 Å². The lowest BCUT2D eigenvalue weighted by molar-refractivity contribution is 0.158. The van der Waals surface area contributed by atoms with Gasteiger partial charge in [0.15, 0.2) is 6.23 Å². The van der Waals surface area contributed by atoms with Crippen molar-refractivity contribution in [3.05, 3.63) is 64.2 Å². The van der Waals surface area contributed by atoms with Gasteiger partial charge < -0.3 is 10.4 Å². The van der Waals surface area contributed by atoms with Crippen molar-refractivity contribution >= 4 is 36.7 Å². The fraction of sp³-hybridized carbons (Fsp3) is 0.0667. The maximum absolute atomic E-state index is 10.1. The topological polar surface area (TPSA) is 32.3 Å². The molecule has 0 amide bonds. The molecule has 92 valence electrons. The molecule has 0 bridgehead atoms. The second-order valence-corrected chi connectivity index (χ2v) is 4.94. The standard InChI is InChI=1S/C15H11BClNO/c16-11-4-1-9(2-5-11)14-7-10-3-6-12(17)8-13(10)15(19)18-14/h1-8,15,18-19H. The third-order valence-corrected chi connectivity index (χ3v) is 3.39. The van der Waals surface area contributed by atoms with Crippen molar-refractivity contribution in [2.45, 2.75) is 6.23 Å². The first kappa shape index (κ1) is 12.3. The SMILES string of the molecule is [B]c1ccc(C2=Cc3ccc(Cl)cc3C(O)N2)cc1. The Bertz CT molecular complexity index is 652. The third-order valence-electron chi connectivity index (χ3n) is 3.16. The minimum absolute atomic E-state index is 0.615.